The van der Waals surface area contributed by atoms with Crippen LogP contribution in [0.2, 0.25) is 0 Å². The van der Waals surface area contributed by atoms with E-state index < -0.39 is 29.7 Å². The predicted molar refractivity (Wildman–Crippen MR) is 131 cm³/mol. The molecule has 3 heterocycles. The molecular weight excluding hydrogens is 480 g/mol. The highest BCUT2D eigenvalue weighted by molar-refractivity contribution is 6.25. The van der Waals surface area contributed by atoms with Crippen molar-refractivity contribution in [3.63, 3.8) is 0 Å². The van der Waals surface area contributed by atoms with Crippen molar-refractivity contribution in [3.05, 3.63) is 53.1 Å². The molecule has 1 unspecified atom stereocenters. The lowest BCUT2D eigenvalue weighted by atomic mass is 10.0. The first-order valence-corrected chi connectivity index (χ1v) is 11.9. The van der Waals surface area contributed by atoms with Crippen LogP contribution in [0.25, 0.3) is 0 Å². The summed E-state index contributed by atoms with van der Waals surface area (Å²) < 4.78 is 10.6. The van der Waals surface area contributed by atoms with E-state index in [4.69, 9.17) is 9.47 Å². The van der Waals surface area contributed by atoms with Crippen LogP contribution in [-0.4, -0.2) is 85.8 Å². The summed E-state index contributed by atoms with van der Waals surface area (Å²) in [7, 11) is 3.04. The van der Waals surface area contributed by atoms with Crippen molar-refractivity contribution in [2.24, 2.45) is 0 Å². The summed E-state index contributed by atoms with van der Waals surface area (Å²) in [5.41, 5.74) is 1.49. The van der Waals surface area contributed by atoms with Crippen molar-refractivity contribution < 1.29 is 33.4 Å². The van der Waals surface area contributed by atoms with Gasteiger partial charge in [-0.1, -0.05) is 6.07 Å². The van der Waals surface area contributed by atoms with Gasteiger partial charge >= 0.3 is 0 Å². The third-order valence-electron chi connectivity index (χ3n) is 6.99. The predicted octanol–water partition coefficient (Wildman–Crippen LogP) is 1.07. The lowest BCUT2D eigenvalue weighted by molar-refractivity contribution is -0.136. The first-order chi connectivity index (χ1) is 17.8. The van der Waals surface area contributed by atoms with Gasteiger partial charge in [0.1, 0.15) is 17.5 Å². The number of hydrogen-bond donors (Lipinski definition) is 1. The minimum atomic E-state index is -1.02. The van der Waals surface area contributed by atoms with Crippen LogP contribution in [0.5, 0.6) is 11.5 Å². The van der Waals surface area contributed by atoms with Crippen LogP contribution < -0.4 is 19.7 Å². The Balaban J connectivity index is 1.33. The van der Waals surface area contributed by atoms with Gasteiger partial charge in [-0.3, -0.25) is 34.2 Å². The maximum atomic E-state index is 13.4. The van der Waals surface area contributed by atoms with Gasteiger partial charge in [0.15, 0.2) is 0 Å². The first-order valence-electron chi connectivity index (χ1n) is 11.9. The van der Waals surface area contributed by atoms with Crippen molar-refractivity contribution >= 4 is 35.2 Å². The zero-order valence-corrected chi connectivity index (χ0v) is 20.5. The number of nitrogens with zero attached hydrogens (tertiary/aromatic N) is 3. The number of carbonyl (C=O) groups is 5. The summed E-state index contributed by atoms with van der Waals surface area (Å²) in [4.78, 5) is 68.3. The number of piperazine rings is 1. The molecule has 2 fully saturated rings. The molecule has 5 rings (SSSR count). The molecule has 0 aromatic heterocycles. The van der Waals surface area contributed by atoms with Crippen LogP contribution in [-0.2, 0) is 9.59 Å². The zero-order valence-electron chi connectivity index (χ0n) is 20.5. The second kappa shape index (κ2) is 9.57. The maximum Gasteiger partial charge on any atom is 0.264 e. The SMILES string of the molecule is COc1ccc(C(=O)N2CCN(c3cccc4c3C(=O)N(C3CCC(=O)NC3=O)C4=O)CC2)c(OC)c1. The van der Waals surface area contributed by atoms with E-state index in [1.165, 1.54) is 14.2 Å². The summed E-state index contributed by atoms with van der Waals surface area (Å²) >= 11 is 0. The van der Waals surface area contributed by atoms with Crippen LogP contribution >= 0.6 is 0 Å². The van der Waals surface area contributed by atoms with Crippen LogP contribution in [0.4, 0.5) is 5.69 Å². The van der Waals surface area contributed by atoms with Gasteiger partial charge in [0.25, 0.3) is 17.7 Å². The largest absolute Gasteiger partial charge is 0.497 e. The molecule has 0 aliphatic carbocycles. The van der Waals surface area contributed by atoms with E-state index in [0.717, 1.165) is 4.90 Å². The van der Waals surface area contributed by atoms with E-state index >= 15 is 0 Å². The van der Waals surface area contributed by atoms with Crippen molar-refractivity contribution in [2.75, 3.05) is 45.3 Å². The fraction of sp³-hybridized carbons (Fsp3) is 0.346. The molecule has 37 heavy (non-hydrogen) atoms. The number of amides is 5. The van der Waals surface area contributed by atoms with Crippen LogP contribution in [0.15, 0.2) is 36.4 Å². The van der Waals surface area contributed by atoms with Gasteiger partial charge < -0.3 is 19.3 Å². The quantitative estimate of drug-likeness (QED) is 0.597. The maximum absolute atomic E-state index is 13.4. The molecule has 192 valence electrons. The molecule has 0 spiro atoms. The molecule has 11 nitrogen and oxygen atoms in total. The van der Waals surface area contributed by atoms with E-state index in [0.29, 0.717) is 48.9 Å². The Morgan fingerprint density at radius 1 is 0.946 bits per heavy atom. The number of carbonyl (C=O) groups excluding carboxylic acids is 5. The van der Waals surface area contributed by atoms with Crippen molar-refractivity contribution in [1.82, 2.24) is 15.1 Å². The highest BCUT2D eigenvalue weighted by Gasteiger charge is 2.46. The van der Waals surface area contributed by atoms with E-state index in [2.05, 4.69) is 5.32 Å². The highest BCUT2D eigenvalue weighted by Crippen LogP contribution is 2.35. The number of benzene rings is 2. The number of methoxy groups -OCH3 is 2. The van der Waals surface area contributed by atoms with E-state index in [-0.39, 0.29) is 29.9 Å². The van der Waals surface area contributed by atoms with Gasteiger partial charge in [0.2, 0.25) is 11.8 Å². The molecule has 3 aliphatic rings. The molecule has 0 saturated carbocycles. The Morgan fingerprint density at radius 2 is 1.70 bits per heavy atom. The molecular formula is C26H26N4O7. The van der Waals surface area contributed by atoms with Gasteiger partial charge in [-0.15, -0.1) is 0 Å². The molecule has 1 N–H and O–H groups in total. The van der Waals surface area contributed by atoms with Crippen molar-refractivity contribution in [2.45, 2.75) is 18.9 Å². The Bertz CT molecular complexity index is 1320. The van der Waals surface area contributed by atoms with E-state index in [1.807, 2.05) is 4.90 Å². The normalized spacial score (nSPS) is 19.6. The Morgan fingerprint density at radius 3 is 2.38 bits per heavy atom. The number of anilines is 1. The highest BCUT2D eigenvalue weighted by atomic mass is 16.5. The average molecular weight is 507 g/mol. The minimum absolute atomic E-state index is 0.0611. The lowest BCUT2D eigenvalue weighted by Crippen LogP contribution is -2.54. The molecule has 11 heteroatoms. The first kappa shape index (κ1) is 24.3. The van der Waals surface area contributed by atoms with Gasteiger partial charge in [-0.25, -0.2) is 0 Å². The standard InChI is InChI=1S/C26H26N4O7/c1-36-15-6-7-16(20(14-15)37-2)24(33)29-12-10-28(11-13-29)18-5-3-4-17-22(18)26(35)30(25(17)34)19-8-9-21(31)27-23(19)32/h3-7,14,19H,8-13H2,1-2H3,(H,27,31,32). The molecule has 2 saturated heterocycles. The summed E-state index contributed by atoms with van der Waals surface area (Å²) in [6.07, 6.45) is 0.159. The van der Waals surface area contributed by atoms with Crippen LogP contribution in [0.1, 0.15) is 43.9 Å². The molecule has 0 bridgehead atoms. The lowest BCUT2D eigenvalue weighted by Gasteiger charge is -2.37. The number of rotatable bonds is 5. The second-order valence-electron chi connectivity index (χ2n) is 8.99. The third kappa shape index (κ3) is 4.15. The zero-order chi connectivity index (χ0) is 26.3. The fourth-order valence-electron chi connectivity index (χ4n) is 5.06. The number of hydrogen-bond acceptors (Lipinski definition) is 8. The Hall–Kier alpha value is -4.41. The number of piperidine rings is 1. The molecule has 2 aromatic rings. The summed E-state index contributed by atoms with van der Waals surface area (Å²) in [6, 6.07) is 9.05. The second-order valence-corrected chi connectivity index (χ2v) is 8.99. The van der Waals surface area contributed by atoms with E-state index in [1.54, 1.807) is 41.3 Å². The fourth-order valence-corrected chi connectivity index (χ4v) is 5.06. The van der Waals surface area contributed by atoms with Crippen molar-refractivity contribution in [1.29, 1.82) is 0 Å². The third-order valence-corrected chi connectivity index (χ3v) is 6.99. The number of imide groups is 2. The Labute approximate surface area is 212 Å². The number of nitrogens with one attached hydrogen (secondary N) is 1. The monoisotopic (exact) mass is 506 g/mol. The number of ether oxygens (including phenoxy) is 2. The summed E-state index contributed by atoms with van der Waals surface area (Å²) in [5.74, 6) is -1.32. The molecule has 1 atom stereocenters. The molecule has 5 amide bonds. The Kier molecular flexibility index (Phi) is 6.28. The molecule has 2 aromatic carbocycles. The van der Waals surface area contributed by atoms with Crippen LogP contribution in [0, 0.1) is 0 Å². The molecule has 0 radical (unpaired) electrons. The smallest absolute Gasteiger partial charge is 0.264 e. The topological polar surface area (TPSA) is 126 Å². The summed E-state index contributed by atoms with van der Waals surface area (Å²) in [6.45, 7) is 1.69. The summed E-state index contributed by atoms with van der Waals surface area (Å²) in [5, 5.41) is 2.21. The van der Waals surface area contributed by atoms with Gasteiger partial charge in [0, 0.05) is 38.7 Å². The van der Waals surface area contributed by atoms with Gasteiger partial charge in [-0.05, 0) is 30.7 Å². The minimum Gasteiger partial charge on any atom is -0.497 e. The average Bonchev–Trinajstić information content (AvgIpc) is 3.17. The van der Waals surface area contributed by atoms with Crippen molar-refractivity contribution in [3.8, 4) is 11.5 Å². The van der Waals surface area contributed by atoms with Crippen LogP contribution in [0.3, 0.4) is 0 Å². The molecule has 3 aliphatic heterocycles. The van der Waals surface area contributed by atoms with E-state index in [9.17, 15) is 24.0 Å². The van der Waals surface area contributed by atoms with Gasteiger partial charge in [0.05, 0.1) is 36.6 Å². The number of fused-ring (bicyclic) bond motifs is 1. The van der Waals surface area contributed by atoms with Gasteiger partial charge in [-0.2, -0.15) is 0 Å².